The molecule has 0 aliphatic rings. The van der Waals surface area contributed by atoms with E-state index in [1.807, 2.05) is 34.6 Å². The Bertz CT molecular complexity index is 663. The second-order valence-corrected chi connectivity index (χ2v) is 8.69. The number of carbonyl (C=O) groups excluding carboxylic acids is 1. The van der Waals surface area contributed by atoms with Gasteiger partial charge in [-0.05, 0) is 30.9 Å². The first-order valence-corrected chi connectivity index (χ1v) is 10.4. The lowest BCUT2D eigenvalue weighted by Crippen LogP contribution is -2.47. The molecule has 0 spiro atoms. The molecule has 0 aliphatic heterocycles. The second kappa shape index (κ2) is 9.08. The number of hydrogen-bond acceptors (Lipinski definition) is 4. The highest BCUT2D eigenvalue weighted by Crippen LogP contribution is 2.23. The third-order valence-electron chi connectivity index (χ3n) is 3.87. The predicted octanol–water partition coefficient (Wildman–Crippen LogP) is 2.65. The van der Waals surface area contributed by atoms with E-state index < -0.39 is 10.0 Å². The van der Waals surface area contributed by atoms with Crippen molar-refractivity contribution in [2.75, 3.05) is 23.7 Å². The van der Waals surface area contributed by atoms with Gasteiger partial charge in [0.2, 0.25) is 15.9 Å². The van der Waals surface area contributed by atoms with Gasteiger partial charge in [0.15, 0.2) is 0 Å². The van der Waals surface area contributed by atoms with E-state index in [-0.39, 0.29) is 30.3 Å². The molecule has 0 aromatic heterocycles. The summed E-state index contributed by atoms with van der Waals surface area (Å²) in [6.45, 7) is 10.2. The van der Waals surface area contributed by atoms with Crippen molar-refractivity contribution >= 4 is 21.6 Å². The molecule has 0 radical (unpaired) electrons. The number of anilines is 1. The maximum atomic E-state index is 12.5. The number of benzene rings is 1. The predicted molar refractivity (Wildman–Crippen MR) is 101 cm³/mol. The van der Waals surface area contributed by atoms with Crippen LogP contribution in [0.15, 0.2) is 24.3 Å². The Morgan fingerprint density at radius 2 is 1.80 bits per heavy atom. The SMILES string of the molecule is CCOc1cccc(N(CC(=O)NC(C(C)C)C(C)C)S(C)(=O)=O)c1. The molecule has 7 heteroatoms. The largest absolute Gasteiger partial charge is 0.494 e. The molecule has 0 aliphatic carbocycles. The van der Waals surface area contributed by atoms with Gasteiger partial charge in [-0.3, -0.25) is 9.10 Å². The first-order valence-electron chi connectivity index (χ1n) is 8.56. The first-order chi connectivity index (χ1) is 11.6. The molecule has 142 valence electrons. The highest BCUT2D eigenvalue weighted by Gasteiger charge is 2.25. The van der Waals surface area contributed by atoms with Crippen molar-refractivity contribution in [1.29, 1.82) is 0 Å². The minimum absolute atomic E-state index is 0.0105. The van der Waals surface area contributed by atoms with Crippen LogP contribution in [-0.2, 0) is 14.8 Å². The molecule has 1 rings (SSSR count). The molecule has 25 heavy (non-hydrogen) atoms. The minimum Gasteiger partial charge on any atom is -0.494 e. The third kappa shape index (κ3) is 6.57. The first kappa shape index (κ1) is 21.3. The van der Waals surface area contributed by atoms with E-state index in [1.54, 1.807) is 24.3 Å². The molecule has 0 fully saturated rings. The summed E-state index contributed by atoms with van der Waals surface area (Å²) < 4.78 is 30.9. The van der Waals surface area contributed by atoms with Crippen molar-refractivity contribution < 1.29 is 17.9 Å². The van der Waals surface area contributed by atoms with Crippen LogP contribution in [0.4, 0.5) is 5.69 Å². The summed E-state index contributed by atoms with van der Waals surface area (Å²) in [6.07, 6.45) is 1.09. The molecular formula is C18H30N2O4S. The van der Waals surface area contributed by atoms with Crippen molar-refractivity contribution in [2.45, 2.75) is 40.7 Å². The zero-order valence-corrected chi connectivity index (χ0v) is 16.8. The summed E-state index contributed by atoms with van der Waals surface area (Å²) >= 11 is 0. The van der Waals surface area contributed by atoms with Gasteiger partial charge in [-0.2, -0.15) is 0 Å². The number of carbonyl (C=O) groups is 1. The number of hydrogen-bond donors (Lipinski definition) is 1. The summed E-state index contributed by atoms with van der Waals surface area (Å²) in [5.41, 5.74) is 0.411. The van der Waals surface area contributed by atoms with Crippen LogP contribution < -0.4 is 14.4 Å². The number of rotatable bonds is 9. The van der Waals surface area contributed by atoms with Crippen LogP contribution in [0.25, 0.3) is 0 Å². The van der Waals surface area contributed by atoms with Crippen LogP contribution in [0.1, 0.15) is 34.6 Å². The zero-order valence-electron chi connectivity index (χ0n) is 15.9. The molecule has 0 bridgehead atoms. The molecule has 1 aromatic carbocycles. The highest BCUT2D eigenvalue weighted by atomic mass is 32.2. The molecule has 0 saturated heterocycles. The maximum Gasteiger partial charge on any atom is 0.241 e. The third-order valence-corrected chi connectivity index (χ3v) is 5.01. The Labute approximate surface area is 151 Å². The van der Waals surface area contributed by atoms with Gasteiger partial charge in [0.05, 0.1) is 18.6 Å². The van der Waals surface area contributed by atoms with Gasteiger partial charge in [0, 0.05) is 12.1 Å². The van der Waals surface area contributed by atoms with Gasteiger partial charge in [-0.1, -0.05) is 33.8 Å². The van der Waals surface area contributed by atoms with Gasteiger partial charge in [0.1, 0.15) is 12.3 Å². The van der Waals surface area contributed by atoms with Crippen molar-refractivity contribution in [3.63, 3.8) is 0 Å². The number of amides is 1. The lowest BCUT2D eigenvalue weighted by molar-refractivity contribution is -0.121. The van der Waals surface area contributed by atoms with Gasteiger partial charge in [-0.15, -0.1) is 0 Å². The van der Waals surface area contributed by atoms with Gasteiger partial charge in [-0.25, -0.2) is 8.42 Å². The van der Waals surface area contributed by atoms with Crippen LogP contribution in [0.3, 0.4) is 0 Å². The van der Waals surface area contributed by atoms with Crippen LogP contribution in [0.5, 0.6) is 5.75 Å². The fraction of sp³-hybridized carbons (Fsp3) is 0.611. The molecule has 1 aromatic rings. The van der Waals surface area contributed by atoms with E-state index in [0.29, 0.717) is 18.0 Å². The molecule has 0 saturated carbocycles. The Balaban J connectivity index is 3.02. The normalized spacial score (nSPS) is 11.9. The van der Waals surface area contributed by atoms with Crippen LogP contribution in [-0.4, -0.2) is 39.8 Å². The molecule has 0 heterocycles. The van der Waals surface area contributed by atoms with E-state index in [0.717, 1.165) is 10.6 Å². The Hall–Kier alpha value is -1.76. The van der Waals surface area contributed by atoms with Crippen molar-refractivity contribution in [3.8, 4) is 5.75 Å². The molecule has 1 N–H and O–H groups in total. The smallest absolute Gasteiger partial charge is 0.241 e. The Morgan fingerprint density at radius 3 is 2.28 bits per heavy atom. The quantitative estimate of drug-likeness (QED) is 0.725. The zero-order chi connectivity index (χ0) is 19.2. The van der Waals surface area contributed by atoms with Crippen molar-refractivity contribution in [1.82, 2.24) is 5.32 Å². The standard InChI is InChI=1S/C18H30N2O4S/c1-7-24-16-10-8-9-15(11-16)20(25(6,22)23)12-17(21)19-18(13(2)3)14(4)5/h8-11,13-14,18H,7,12H2,1-6H3,(H,19,21). The summed E-state index contributed by atoms with van der Waals surface area (Å²) in [7, 11) is -3.60. The summed E-state index contributed by atoms with van der Waals surface area (Å²) in [5, 5.41) is 2.95. The molecule has 0 unspecified atom stereocenters. The lowest BCUT2D eigenvalue weighted by atomic mass is 9.93. The van der Waals surface area contributed by atoms with Crippen LogP contribution in [0, 0.1) is 11.8 Å². The minimum atomic E-state index is -3.60. The second-order valence-electron chi connectivity index (χ2n) is 6.78. The van der Waals surface area contributed by atoms with Gasteiger partial charge >= 0.3 is 0 Å². The summed E-state index contributed by atoms with van der Waals surface area (Å²) in [6, 6.07) is 6.73. The Kier molecular flexibility index (Phi) is 7.73. The van der Waals surface area contributed by atoms with E-state index in [1.165, 1.54) is 0 Å². The van der Waals surface area contributed by atoms with Crippen molar-refractivity contribution in [2.24, 2.45) is 11.8 Å². The average Bonchev–Trinajstić information content (AvgIpc) is 2.49. The number of sulfonamides is 1. The molecule has 1 amide bonds. The van der Waals surface area contributed by atoms with Crippen molar-refractivity contribution in [3.05, 3.63) is 24.3 Å². The fourth-order valence-electron chi connectivity index (χ4n) is 2.76. The number of nitrogens with one attached hydrogen (secondary N) is 1. The molecular weight excluding hydrogens is 340 g/mol. The molecule has 6 nitrogen and oxygen atoms in total. The van der Waals surface area contributed by atoms with E-state index in [9.17, 15) is 13.2 Å². The lowest BCUT2D eigenvalue weighted by Gasteiger charge is -2.28. The highest BCUT2D eigenvalue weighted by molar-refractivity contribution is 7.92. The molecule has 0 atom stereocenters. The van der Waals surface area contributed by atoms with Gasteiger partial charge in [0.25, 0.3) is 0 Å². The maximum absolute atomic E-state index is 12.5. The van der Waals surface area contributed by atoms with E-state index >= 15 is 0 Å². The Morgan fingerprint density at radius 1 is 1.20 bits per heavy atom. The van der Waals surface area contributed by atoms with Gasteiger partial charge < -0.3 is 10.1 Å². The average molecular weight is 371 g/mol. The monoisotopic (exact) mass is 370 g/mol. The number of ether oxygens (including phenoxy) is 1. The van der Waals surface area contributed by atoms with E-state index in [2.05, 4.69) is 5.32 Å². The summed E-state index contributed by atoms with van der Waals surface area (Å²) in [4.78, 5) is 12.5. The summed E-state index contributed by atoms with van der Waals surface area (Å²) in [5.74, 6) is 0.768. The van der Waals surface area contributed by atoms with Crippen LogP contribution >= 0.6 is 0 Å². The topological polar surface area (TPSA) is 75.7 Å². The van der Waals surface area contributed by atoms with E-state index in [4.69, 9.17) is 4.74 Å². The number of nitrogens with zero attached hydrogens (tertiary/aromatic N) is 1. The van der Waals surface area contributed by atoms with Crippen LogP contribution in [0.2, 0.25) is 0 Å². The fourth-order valence-corrected chi connectivity index (χ4v) is 3.61.